The Morgan fingerprint density at radius 1 is 0.857 bits per heavy atom. The van der Waals surface area contributed by atoms with E-state index in [0.29, 0.717) is 11.4 Å². The summed E-state index contributed by atoms with van der Waals surface area (Å²) < 4.78 is 0. The van der Waals surface area contributed by atoms with Crippen LogP contribution in [0.5, 0.6) is 11.5 Å². The number of primary amides is 1. The van der Waals surface area contributed by atoms with Crippen molar-refractivity contribution < 1.29 is 15.0 Å². The van der Waals surface area contributed by atoms with E-state index in [1.54, 1.807) is 0 Å². The number of nitrogens with two attached hydrogens (primary N) is 1. The summed E-state index contributed by atoms with van der Waals surface area (Å²) in [6.07, 6.45) is 4.16. The molecule has 0 radical (unpaired) electrons. The van der Waals surface area contributed by atoms with Crippen LogP contribution in [0.3, 0.4) is 0 Å². The van der Waals surface area contributed by atoms with Crippen molar-refractivity contribution in [2.45, 2.75) is 50.5 Å². The Kier molecular flexibility index (Phi) is 8.82. The van der Waals surface area contributed by atoms with Crippen LogP contribution in [0.15, 0.2) is 78.9 Å². The molecule has 3 aromatic rings. The molecule has 5 nitrogen and oxygen atoms in total. The standard InChI is InChI=1S/C23H30N2O.C6H5ClO2/c1-22(2,25-17-9-10-18-25)15-16-23(21(24)26,19-11-5-3-6-12-19)20-13-7-4-8-14-20;7-4-1-5(8)3-6(9)2-4/h3-8,11-14H,9-10,15-18H2,1-2H3,(H2,24,26);1-3,8-9H. The van der Waals surface area contributed by atoms with Crippen molar-refractivity contribution in [1.82, 2.24) is 4.90 Å². The number of likely N-dealkylation sites (tertiary alicyclic amines) is 1. The van der Waals surface area contributed by atoms with E-state index in [0.717, 1.165) is 30.6 Å². The highest BCUT2D eigenvalue weighted by molar-refractivity contribution is 6.30. The number of hydrogen-bond acceptors (Lipinski definition) is 4. The zero-order chi connectivity index (χ0) is 25.5. The van der Waals surface area contributed by atoms with Crippen molar-refractivity contribution in [3.05, 3.63) is 95.0 Å². The fourth-order valence-electron chi connectivity index (χ4n) is 4.84. The molecule has 1 amide bonds. The molecule has 1 aliphatic heterocycles. The normalized spacial score (nSPS) is 14.3. The number of hydrogen-bond donors (Lipinski definition) is 3. The summed E-state index contributed by atoms with van der Waals surface area (Å²) in [5, 5.41) is 17.8. The fraction of sp³-hybridized carbons (Fsp3) is 0.345. The van der Waals surface area contributed by atoms with Crippen LogP contribution in [-0.2, 0) is 10.2 Å². The Hall–Kier alpha value is -3.02. The third-order valence-electron chi connectivity index (χ3n) is 6.90. The van der Waals surface area contributed by atoms with Gasteiger partial charge in [0.25, 0.3) is 0 Å². The summed E-state index contributed by atoms with van der Waals surface area (Å²) >= 11 is 5.43. The zero-order valence-corrected chi connectivity index (χ0v) is 21.2. The molecule has 0 spiro atoms. The second-order valence-electron chi connectivity index (χ2n) is 9.68. The van der Waals surface area contributed by atoms with E-state index in [9.17, 15) is 4.79 Å². The molecular formula is C29H35ClN2O3. The first kappa shape index (κ1) is 26.6. The lowest BCUT2D eigenvalue weighted by atomic mass is 9.69. The smallest absolute Gasteiger partial charge is 0.232 e. The number of aromatic hydroxyl groups is 2. The molecule has 4 N–H and O–H groups in total. The van der Waals surface area contributed by atoms with Gasteiger partial charge in [0.2, 0.25) is 5.91 Å². The molecule has 4 rings (SSSR count). The van der Waals surface area contributed by atoms with Crippen molar-refractivity contribution in [2.24, 2.45) is 5.73 Å². The Bertz CT molecular complexity index is 1010. The first-order valence-corrected chi connectivity index (χ1v) is 12.4. The third kappa shape index (κ3) is 6.56. The van der Waals surface area contributed by atoms with Crippen molar-refractivity contribution in [2.75, 3.05) is 13.1 Å². The number of nitrogens with zero attached hydrogens (tertiary/aromatic N) is 1. The second kappa shape index (κ2) is 11.6. The highest BCUT2D eigenvalue weighted by Gasteiger charge is 2.42. The van der Waals surface area contributed by atoms with Crippen LogP contribution in [0.25, 0.3) is 0 Å². The van der Waals surface area contributed by atoms with Crippen LogP contribution in [0.2, 0.25) is 5.02 Å². The Labute approximate surface area is 213 Å². The quantitative estimate of drug-likeness (QED) is 0.383. The largest absolute Gasteiger partial charge is 0.508 e. The zero-order valence-electron chi connectivity index (χ0n) is 20.5. The van der Waals surface area contributed by atoms with Gasteiger partial charge in [0, 0.05) is 16.6 Å². The van der Waals surface area contributed by atoms with Gasteiger partial charge in [-0.1, -0.05) is 72.3 Å². The average molecular weight is 495 g/mol. The van der Waals surface area contributed by atoms with E-state index in [1.165, 1.54) is 31.0 Å². The lowest BCUT2D eigenvalue weighted by Crippen LogP contribution is -2.47. The minimum Gasteiger partial charge on any atom is -0.508 e. The SMILES string of the molecule is CC(C)(CCC(C(N)=O)(c1ccccc1)c1ccccc1)N1CCCC1.Oc1cc(O)cc(Cl)c1. The van der Waals surface area contributed by atoms with Crippen LogP contribution in [0.4, 0.5) is 0 Å². The van der Waals surface area contributed by atoms with Gasteiger partial charge < -0.3 is 15.9 Å². The van der Waals surface area contributed by atoms with Crippen LogP contribution in [-0.4, -0.2) is 39.6 Å². The van der Waals surface area contributed by atoms with Crippen molar-refractivity contribution in [3.63, 3.8) is 0 Å². The first-order chi connectivity index (χ1) is 16.6. The summed E-state index contributed by atoms with van der Waals surface area (Å²) in [5.74, 6) is -0.327. The Morgan fingerprint density at radius 2 is 1.31 bits per heavy atom. The second-order valence-corrected chi connectivity index (χ2v) is 10.1. The van der Waals surface area contributed by atoms with Crippen LogP contribution >= 0.6 is 11.6 Å². The highest BCUT2D eigenvalue weighted by atomic mass is 35.5. The number of carbonyl (C=O) groups excluding carboxylic acids is 1. The van der Waals surface area contributed by atoms with Crippen LogP contribution < -0.4 is 5.73 Å². The van der Waals surface area contributed by atoms with E-state index < -0.39 is 5.41 Å². The van der Waals surface area contributed by atoms with E-state index in [1.807, 2.05) is 60.7 Å². The number of phenolic OH excluding ortho intramolecular Hbond substituents is 2. The van der Waals surface area contributed by atoms with Crippen LogP contribution in [0, 0.1) is 0 Å². The number of phenols is 2. The highest BCUT2D eigenvalue weighted by Crippen LogP contribution is 2.39. The molecule has 1 heterocycles. The average Bonchev–Trinajstić information content (AvgIpc) is 3.36. The molecule has 0 aromatic heterocycles. The van der Waals surface area contributed by atoms with Gasteiger partial charge in [-0.25, -0.2) is 0 Å². The minimum absolute atomic E-state index is 0.0278. The molecule has 1 aliphatic rings. The summed E-state index contributed by atoms with van der Waals surface area (Å²) in [4.78, 5) is 15.4. The van der Waals surface area contributed by atoms with E-state index in [4.69, 9.17) is 27.5 Å². The molecule has 0 saturated carbocycles. The molecule has 0 aliphatic carbocycles. The predicted octanol–water partition coefficient (Wildman–Crippen LogP) is 5.86. The molecule has 6 heteroatoms. The monoisotopic (exact) mass is 494 g/mol. The van der Waals surface area contributed by atoms with Gasteiger partial charge in [-0.15, -0.1) is 0 Å². The van der Waals surface area contributed by atoms with Crippen LogP contribution in [0.1, 0.15) is 50.7 Å². The third-order valence-corrected chi connectivity index (χ3v) is 7.11. The lowest BCUT2D eigenvalue weighted by molar-refractivity contribution is -0.122. The summed E-state index contributed by atoms with van der Waals surface area (Å²) in [6, 6.07) is 23.9. The first-order valence-electron chi connectivity index (χ1n) is 12.0. The van der Waals surface area contributed by atoms with Crippen molar-refractivity contribution in [3.8, 4) is 11.5 Å². The number of halogens is 1. The molecule has 0 bridgehead atoms. The molecule has 0 unspecified atom stereocenters. The van der Waals surface area contributed by atoms with Gasteiger partial charge in [0.05, 0.1) is 5.41 Å². The van der Waals surface area contributed by atoms with Gasteiger partial charge in [-0.3, -0.25) is 9.69 Å². The van der Waals surface area contributed by atoms with Gasteiger partial charge >= 0.3 is 0 Å². The van der Waals surface area contributed by atoms with E-state index >= 15 is 0 Å². The molecular weight excluding hydrogens is 460 g/mol. The van der Waals surface area contributed by atoms with Crippen molar-refractivity contribution >= 4 is 17.5 Å². The van der Waals surface area contributed by atoms with E-state index in [2.05, 4.69) is 18.7 Å². The maximum Gasteiger partial charge on any atom is 0.232 e. The topological polar surface area (TPSA) is 86.8 Å². The Balaban J connectivity index is 0.000000320. The van der Waals surface area contributed by atoms with Gasteiger partial charge in [0.15, 0.2) is 0 Å². The molecule has 3 aromatic carbocycles. The molecule has 186 valence electrons. The van der Waals surface area contributed by atoms with Gasteiger partial charge in [0.1, 0.15) is 11.5 Å². The fourth-order valence-corrected chi connectivity index (χ4v) is 5.07. The molecule has 0 atom stereocenters. The lowest BCUT2D eigenvalue weighted by Gasteiger charge is -2.40. The maximum atomic E-state index is 12.9. The Morgan fingerprint density at radius 3 is 1.71 bits per heavy atom. The summed E-state index contributed by atoms with van der Waals surface area (Å²) in [5.41, 5.74) is 7.29. The molecule has 1 fully saturated rings. The molecule has 35 heavy (non-hydrogen) atoms. The van der Waals surface area contributed by atoms with Gasteiger partial charge in [-0.05, 0) is 75.9 Å². The number of rotatable bonds is 7. The predicted molar refractivity (Wildman–Crippen MR) is 142 cm³/mol. The minimum atomic E-state index is -0.792. The number of amides is 1. The number of carbonyl (C=O) groups is 1. The number of benzene rings is 3. The maximum absolute atomic E-state index is 12.9. The van der Waals surface area contributed by atoms with Crippen molar-refractivity contribution in [1.29, 1.82) is 0 Å². The van der Waals surface area contributed by atoms with E-state index in [-0.39, 0.29) is 22.9 Å². The summed E-state index contributed by atoms with van der Waals surface area (Å²) in [6.45, 7) is 6.88. The summed E-state index contributed by atoms with van der Waals surface area (Å²) in [7, 11) is 0. The molecule has 1 saturated heterocycles. The van der Waals surface area contributed by atoms with Gasteiger partial charge in [-0.2, -0.15) is 0 Å².